The van der Waals surface area contributed by atoms with E-state index in [1.807, 2.05) is 0 Å². The van der Waals surface area contributed by atoms with E-state index in [1.54, 1.807) is 18.2 Å². The molecule has 3 aromatic rings. The Balaban J connectivity index is 1.78. The van der Waals surface area contributed by atoms with E-state index in [-0.39, 0.29) is 16.3 Å². The summed E-state index contributed by atoms with van der Waals surface area (Å²) in [5, 5.41) is 14.9. The fraction of sp³-hybridized carbons (Fsp3) is 0.0476. The highest BCUT2D eigenvalue weighted by molar-refractivity contribution is 7.92. The minimum atomic E-state index is -4.04. The van der Waals surface area contributed by atoms with E-state index in [9.17, 15) is 23.3 Å². The van der Waals surface area contributed by atoms with Crippen molar-refractivity contribution < 1.29 is 18.1 Å². The number of hydrogen-bond donors (Lipinski definition) is 1. The van der Waals surface area contributed by atoms with Gasteiger partial charge in [0.15, 0.2) is 0 Å². The zero-order chi connectivity index (χ0) is 23.1. The summed E-state index contributed by atoms with van der Waals surface area (Å²) < 4.78 is 27.3. The van der Waals surface area contributed by atoms with E-state index >= 15 is 0 Å². The van der Waals surface area contributed by atoms with Crippen LogP contribution in [0.25, 0.3) is 0 Å². The molecule has 9 nitrogen and oxygen atoms in total. The Morgan fingerprint density at radius 3 is 2.25 bits per heavy atom. The third-order valence-corrected chi connectivity index (χ3v) is 6.28. The molecule has 0 heterocycles. The van der Waals surface area contributed by atoms with E-state index in [0.717, 1.165) is 4.31 Å². The lowest BCUT2D eigenvalue weighted by atomic mass is 10.2. The van der Waals surface area contributed by atoms with Crippen LogP contribution in [0.5, 0.6) is 0 Å². The first-order chi connectivity index (χ1) is 15.3. The molecule has 0 aromatic heterocycles. The van der Waals surface area contributed by atoms with Crippen LogP contribution in [0.3, 0.4) is 0 Å². The van der Waals surface area contributed by atoms with Crippen LogP contribution >= 0.6 is 11.6 Å². The molecule has 32 heavy (non-hydrogen) atoms. The van der Waals surface area contributed by atoms with Gasteiger partial charge >= 0.3 is 0 Å². The number of carbonyl (C=O) groups is 1. The van der Waals surface area contributed by atoms with Crippen molar-refractivity contribution in [3.63, 3.8) is 0 Å². The number of nitrogens with zero attached hydrogens (tertiary/aromatic N) is 3. The van der Waals surface area contributed by atoms with Crippen LogP contribution < -0.4 is 9.73 Å². The van der Waals surface area contributed by atoms with Crippen molar-refractivity contribution in [1.82, 2.24) is 5.43 Å². The fourth-order valence-corrected chi connectivity index (χ4v) is 4.24. The number of nitro groups is 1. The minimum absolute atomic E-state index is 0.0251. The van der Waals surface area contributed by atoms with E-state index in [0.29, 0.717) is 10.6 Å². The number of non-ortho nitro benzene ring substituents is 1. The standard InChI is InChI=1S/C21H17ClN4O5S/c22-17-8-12-18(13-9-17)25(32(30,31)20-4-2-1-3-5-20)15-21(27)24-23-14-16-6-10-19(11-7-16)26(28)29/h1-14H,15H2,(H,24,27)/b23-14-. The molecular formula is C21H17ClN4O5S. The second-order valence-electron chi connectivity index (χ2n) is 6.44. The van der Waals surface area contributed by atoms with Gasteiger partial charge in [0, 0.05) is 17.2 Å². The SMILES string of the molecule is O=C(CN(c1ccc(Cl)cc1)S(=O)(=O)c1ccccc1)N/N=C\c1ccc([N+](=O)[O-])cc1. The molecule has 0 unspecified atom stereocenters. The first-order valence-corrected chi connectivity index (χ1v) is 11.0. The summed E-state index contributed by atoms with van der Waals surface area (Å²) >= 11 is 5.90. The van der Waals surface area contributed by atoms with E-state index in [1.165, 1.54) is 66.9 Å². The molecule has 164 valence electrons. The van der Waals surface area contributed by atoms with Gasteiger partial charge in [-0.3, -0.25) is 19.2 Å². The van der Waals surface area contributed by atoms with Crippen LogP contribution in [0.15, 0.2) is 88.9 Å². The van der Waals surface area contributed by atoms with Crippen molar-refractivity contribution in [3.8, 4) is 0 Å². The lowest BCUT2D eigenvalue weighted by Gasteiger charge is -2.23. The van der Waals surface area contributed by atoms with Crippen LogP contribution in [-0.4, -0.2) is 32.0 Å². The molecule has 0 saturated heterocycles. The Morgan fingerprint density at radius 2 is 1.66 bits per heavy atom. The normalized spacial score (nSPS) is 11.3. The van der Waals surface area contributed by atoms with Gasteiger partial charge in [-0.15, -0.1) is 0 Å². The third-order valence-electron chi connectivity index (χ3n) is 4.24. The molecule has 0 aliphatic carbocycles. The van der Waals surface area contributed by atoms with Gasteiger partial charge in [-0.1, -0.05) is 29.8 Å². The highest BCUT2D eigenvalue weighted by Gasteiger charge is 2.27. The van der Waals surface area contributed by atoms with Gasteiger partial charge in [-0.05, 0) is 54.1 Å². The number of nitrogens with one attached hydrogen (secondary N) is 1. The van der Waals surface area contributed by atoms with Crippen molar-refractivity contribution in [2.75, 3.05) is 10.8 Å². The third kappa shape index (κ3) is 5.68. The van der Waals surface area contributed by atoms with Gasteiger partial charge in [0.05, 0.1) is 21.7 Å². The minimum Gasteiger partial charge on any atom is -0.271 e. The number of sulfonamides is 1. The molecule has 0 fully saturated rings. The molecule has 0 aliphatic rings. The molecule has 0 saturated carbocycles. The number of benzene rings is 3. The number of rotatable bonds is 8. The lowest BCUT2D eigenvalue weighted by Crippen LogP contribution is -2.39. The first kappa shape index (κ1) is 22.9. The number of amides is 1. The summed E-state index contributed by atoms with van der Waals surface area (Å²) in [5.74, 6) is -0.683. The second-order valence-corrected chi connectivity index (χ2v) is 8.74. The molecule has 0 radical (unpaired) electrons. The van der Waals surface area contributed by atoms with Crippen LogP contribution in [0.2, 0.25) is 5.02 Å². The first-order valence-electron chi connectivity index (χ1n) is 9.17. The summed E-state index contributed by atoms with van der Waals surface area (Å²) in [6, 6.07) is 19.3. The van der Waals surface area contributed by atoms with Gasteiger partial charge in [-0.25, -0.2) is 13.8 Å². The van der Waals surface area contributed by atoms with Crippen LogP contribution in [0.1, 0.15) is 5.56 Å². The van der Waals surface area contributed by atoms with Crippen molar-refractivity contribution in [2.24, 2.45) is 5.10 Å². The zero-order valence-electron chi connectivity index (χ0n) is 16.5. The van der Waals surface area contributed by atoms with Crippen molar-refractivity contribution >= 4 is 45.1 Å². The maximum absolute atomic E-state index is 13.2. The highest BCUT2D eigenvalue weighted by Crippen LogP contribution is 2.25. The molecule has 1 N–H and O–H groups in total. The Morgan fingerprint density at radius 1 is 1.03 bits per heavy atom. The summed E-state index contributed by atoms with van der Waals surface area (Å²) in [7, 11) is -4.04. The van der Waals surface area contributed by atoms with Crippen molar-refractivity contribution in [3.05, 3.63) is 99.6 Å². The van der Waals surface area contributed by atoms with Gasteiger partial charge in [0.1, 0.15) is 6.54 Å². The highest BCUT2D eigenvalue weighted by atomic mass is 35.5. The number of nitro benzene ring substituents is 1. The predicted molar refractivity (Wildman–Crippen MR) is 121 cm³/mol. The Kier molecular flexibility index (Phi) is 7.18. The predicted octanol–water partition coefficient (Wildman–Crippen LogP) is 3.59. The molecular weight excluding hydrogens is 456 g/mol. The lowest BCUT2D eigenvalue weighted by molar-refractivity contribution is -0.384. The molecule has 3 aromatic carbocycles. The Bertz CT molecular complexity index is 1230. The number of carbonyl (C=O) groups excluding carboxylic acids is 1. The smallest absolute Gasteiger partial charge is 0.269 e. The molecule has 0 atom stereocenters. The van der Waals surface area contributed by atoms with Crippen LogP contribution in [0.4, 0.5) is 11.4 Å². The molecule has 0 spiro atoms. The topological polar surface area (TPSA) is 122 Å². The Labute approximate surface area is 189 Å². The fourth-order valence-electron chi connectivity index (χ4n) is 2.67. The van der Waals surface area contributed by atoms with Gasteiger partial charge in [0.2, 0.25) is 0 Å². The number of hydrogen-bond acceptors (Lipinski definition) is 6. The van der Waals surface area contributed by atoms with E-state index in [2.05, 4.69) is 10.5 Å². The van der Waals surface area contributed by atoms with Gasteiger partial charge < -0.3 is 0 Å². The zero-order valence-corrected chi connectivity index (χ0v) is 18.0. The van der Waals surface area contributed by atoms with Crippen LogP contribution in [-0.2, 0) is 14.8 Å². The molecule has 0 aliphatic heterocycles. The van der Waals surface area contributed by atoms with Gasteiger partial charge in [0.25, 0.3) is 21.6 Å². The average molecular weight is 473 g/mol. The van der Waals surface area contributed by atoms with Crippen LogP contribution in [0, 0.1) is 10.1 Å². The quantitative estimate of drug-likeness (QED) is 0.305. The molecule has 11 heteroatoms. The van der Waals surface area contributed by atoms with E-state index < -0.39 is 27.4 Å². The summed E-state index contributed by atoms with van der Waals surface area (Å²) in [6.45, 7) is -0.531. The monoisotopic (exact) mass is 472 g/mol. The molecule has 3 rings (SSSR count). The number of anilines is 1. The largest absolute Gasteiger partial charge is 0.271 e. The maximum Gasteiger partial charge on any atom is 0.269 e. The summed E-state index contributed by atoms with van der Waals surface area (Å²) in [6.07, 6.45) is 1.29. The Hall–Kier alpha value is -3.76. The van der Waals surface area contributed by atoms with E-state index in [4.69, 9.17) is 11.6 Å². The van der Waals surface area contributed by atoms with Crippen molar-refractivity contribution in [2.45, 2.75) is 4.90 Å². The number of hydrazone groups is 1. The summed E-state index contributed by atoms with van der Waals surface area (Å²) in [5.41, 5.74) is 2.97. The van der Waals surface area contributed by atoms with Gasteiger partial charge in [-0.2, -0.15) is 5.10 Å². The average Bonchev–Trinajstić information content (AvgIpc) is 2.79. The second kappa shape index (κ2) is 10.0. The number of halogens is 1. The maximum atomic E-state index is 13.2. The summed E-state index contributed by atoms with van der Waals surface area (Å²) in [4.78, 5) is 22.6. The molecule has 0 bridgehead atoms. The van der Waals surface area contributed by atoms with Crippen molar-refractivity contribution in [1.29, 1.82) is 0 Å². The molecule has 1 amide bonds.